The van der Waals surface area contributed by atoms with E-state index in [2.05, 4.69) is 56.9 Å². The van der Waals surface area contributed by atoms with Gasteiger partial charge in [0.1, 0.15) is 8.07 Å². The Morgan fingerprint density at radius 2 is 2.00 bits per heavy atom. The van der Waals surface area contributed by atoms with Crippen LogP contribution in [0.15, 0.2) is 54.3 Å². The predicted octanol–water partition coefficient (Wildman–Crippen LogP) is 3.25. The Balaban J connectivity index is 1.90. The molecule has 1 aliphatic heterocycles. The molecule has 1 aliphatic carbocycles. The minimum Gasteiger partial charge on any atom is -0.370 e. The Labute approximate surface area is 133 Å². The lowest BCUT2D eigenvalue weighted by Gasteiger charge is -2.36. The van der Waals surface area contributed by atoms with Crippen LogP contribution in [0.3, 0.4) is 0 Å². The molecule has 116 valence electrons. The van der Waals surface area contributed by atoms with Gasteiger partial charge in [-0.25, -0.2) is 0 Å². The van der Waals surface area contributed by atoms with E-state index < -0.39 is 8.07 Å². The highest BCUT2D eigenvalue weighted by Crippen LogP contribution is 2.46. The number of allylic oxidation sites excluding steroid dienone is 1. The lowest BCUT2D eigenvalue weighted by Crippen LogP contribution is -2.48. The van der Waals surface area contributed by atoms with Gasteiger partial charge < -0.3 is 4.74 Å². The molecule has 1 fully saturated rings. The van der Waals surface area contributed by atoms with Gasteiger partial charge in [-0.15, -0.1) is 6.58 Å². The van der Waals surface area contributed by atoms with Crippen molar-refractivity contribution < 1.29 is 9.53 Å². The summed E-state index contributed by atoms with van der Waals surface area (Å²) >= 11 is 0. The van der Waals surface area contributed by atoms with Crippen molar-refractivity contribution in [2.45, 2.75) is 32.0 Å². The molecule has 1 saturated heterocycles. The summed E-state index contributed by atoms with van der Waals surface area (Å²) in [6.07, 6.45) is 4.21. The molecule has 0 N–H and O–H groups in total. The molecular weight excluding hydrogens is 288 g/mol. The van der Waals surface area contributed by atoms with Crippen LogP contribution in [0.25, 0.3) is 0 Å². The lowest BCUT2D eigenvalue weighted by molar-refractivity contribution is -0.117. The maximum atomic E-state index is 11.9. The van der Waals surface area contributed by atoms with Crippen LogP contribution in [-0.4, -0.2) is 26.1 Å². The Bertz CT molecular complexity index is 632. The highest BCUT2D eigenvalue weighted by molar-refractivity contribution is 6.95. The zero-order chi connectivity index (χ0) is 16.0. The summed E-state index contributed by atoms with van der Waals surface area (Å²) in [4.78, 5) is 11.9. The molecule has 0 radical (unpaired) electrons. The van der Waals surface area contributed by atoms with E-state index in [4.69, 9.17) is 4.74 Å². The number of ether oxygens (including phenoxy) is 1. The largest absolute Gasteiger partial charge is 0.370 e. The minimum atomic E-state index is -1.79. The highest BCUT2D eigenvalue weighted by Gasteiger charge is 2.50. The number of hydrogen-bond donors (Lipinski definition) is 0. The number of benzene rings is 1. The summed E-state index contributed by atoms with van der Waals surface area (Å²) in [6, 6.07) is 10.7. The molecule has 3 rings (SSSR count). The van der Waals surface area contributed by atoms with Gasteiger partial charge >= 0.3 is 0 Å². The van der Waals surface area contributed by atoms with E-state index in [-0.39, 0.29) is 23.2 Å². The van der Waals surface area contributed by atoms with Crippen molar-refractivity contribution in [1.82, 2.24) is 0 Å². The molecule has 2 nitrogen and oxygen atoms in total. The fourth-order valence-corrected chi connectivity index (χ4v) is 6.41. The Kier molecular flexibility index (Phi) is 3.74. The molecule has 22 heavy (non-hydrogen) atoms. The molecule has 0 saturated carbocycles. The number of carbonyl (C=O) groups is 1. The van der Waals surface area contributed by atoms with Gasteiger partial charge in [0, 0.05) is 18.3 Å². The zero-order valence-corrected chi connectivity index (χ0v) is 14.6. The highest BCUT2D eigenvalue weighted by atomic mass is 28.3. The van der Waals surface area contributed by atoms with Crippen molar-refractivity contribution in [1.29, 1.82) is 0 Å². The zero-order valence-electron chi connectivity index (χ0n) is 13.6. The average molecular weight is 312 g/mol. The van der Waals surface area contributed by atoms with Gasteiger partial charge in [0.2, 0.25) is 0 Å². The summed E-state index contributed by atoms with van der Waals surface area (Å²) in [7, 11) is -1.79. The van der Waals surface area contributed by atoms with Crippen LogP contribution < -0.4 is 5.19 Å². The molecule has 1 heterocycles. The quantitative estimate of drug-likeness (QED) is 0.801. The summed E-state index contributed by atoms with van der Waals surface area (Å²) < 4.78 is 6.08. The Morgan fingerprint density at radius 1 is 1.32 bits per heavy atom. The molecule has 0 amide bonds. The van der Waals surface area contributed by atoms with Crippen molar-refractivity contribution in [3.63, 3.8) is 0 Å². The molecular formula is C19H24O2Si. The van der Waals surface area contributed by atoms with Crippen molar-refractivity contribution in [3.05, 3.63) is 54.3 Å². The van der Waals surface area contributed by atoms with Gasteiger partial charge in [0.15, 0.2) is 5.78 Å². The topological polar surface area (TPSA) is 26.3 Å². The first kappa shape index (κ1) is 15.4. The van der Waals surface area contributed by atoms with Gasteiger partial charge in [-0.1, -0.05) is 53.8 Å². The molecule has 1 aromatic rings. The lowest BCUT2D eigenvalue weighted by atomic mass is 9.75. The van der Waals surface area contributed by atoms with Crippen LogP contribution in [0, 0.1) is 11.8 Å². The number of rotatable bonds is 3. The fraction of sp³-hybridized carbons (Fsp3) is 0.421. The molecule has 0 bridgehead atoms. The molecule has 0 unspecified atom stereocenters. The average Bonchev–Trinajstić information content (AvgIpc) is 2.84. The summed E-state index contributed by atoms with van der Waals surface area (Å²) in [6.45, 7) is 12.0. The first-order valence-electron chi connectivity index (χ1n) is 7.95. The predicted molar refractivity (Wildman–Crippen MR) is 92.8 cm³/mol. The first-order chi connectivity index (χ1) is 10.3. The van der Waals surface area contributed by atoms with Crippen LogP contribution in [0.2, 0.25) is 13.1 Å². The Hall–Kier alpha value is -1.45. The smallest absolute Gasteiger partial charge is 0.155 e. The molecule has 0 spiro atoms. The normalized spacial score (nSPS) is 31.1. The van der Waals surface area contributed by atoms with Crippen molar-refractivity contribution in [2.24, 2.45) is 11.8 Å². The molecule has 2 aliphatic rings. The number of carbonyl (C=O) groups excluding carboxylic acids is 1. The van der Waals surface area contributed by atoms with Gasteiger partial charge in [-0.2, -0.15) is 0 Å². The van der Waals surface area contributed by atoms with Gasteiger partial charge in [-0.3, -0.25) is 4.79 Å². The van der Waals surface area contributed by atoms with Crippen LogP contribution in [0.1, 0.15) is 13.3 Å². The van der Waals surface area contributed by atoms with E-state index in [1.165, 1.54) is 10.4 Å². The maximum Gasteiger partial charge on any atom is 0.155 e. The third-order valence-electron chi connectivity index (χ3n) is 5.56. The van der Waals surface area contributed by atoms with E-state index in [9.17, 15) is 4.79 Å². The minimum absolute atomic E-state index is 0.213. The molecule has 3 atom stereocenters. The van der Waals surface area contributed by atoms with Crippen LogP contribution in [0.4, 0.5) is 0 Å². The second kappa shape index (κ2) is 5.32. The number of fused-ring (bicyclic) bond motifs is 1. The Morgan fingerprint density at radius 3 is 2.68 bits per heavy atom. The van der Waals surface area contributed by atoms with E-state index in [1.807, 2.05) is 6.08 Å². The van der Waals surface area contributed by atoms with E-state index >= 15 is 0 Å². The summed E-state index contributed by atoms with van der Waals surface area (Å²) in [5.74, 6) is 0.721. The van der Waals surface area contributed by atoms with Crippen molar-refractivity contribution >= 4 is 19.0 Å². The van der Waals surface area contributed by atoms with Gasteiger partial charge in [0.25, 0.3) is 0 Å². The SMILES string of the molecule is C=C([C@@H]1CO[C@]2(C)C=CC(=O)C[C@H]12)[Si](C)(C)c1ccccc1. The van der Waals surface area contributed by atoms with E-state index in [0.717, 1.165) is 0 Å². The second-order valence-corrected chi connectivity index (χ2v) is 11.7. The third kappa shape index (κ3) is 2.42. The molecule has 0 aromatic heterocycles. The van der Waals surface area contributed by atoms with Crippen LogP contribution in [-0.2, 0) is 9.53 Å². The first-order valence-corrected chi connectivity index (χ1v) is 11.0. The van der Waals surface area contributed by atoms with Crippen molar-refractivity contribution in [3.8, 4) is 0 Å². The van der Waals surface area contributed by atoms with Crippen LogP contribution >= 0.6 is 0 Å². The summed E-state index contributed by atoms with van der Waals surface area (Å²) in [5, 5.41) is 2.70. The van der Waals surface area contributed by atoms with Crippen molar-refractivity contribution in [2.75, 3.05) is 6.61 Å². The standard InChI is InChI=1S/C19H24O2Si/c1-14(22(3,4)16-8-6-5-7-9-16)17-13-21-19(2)11-10-15(20)12-18(17)19/h5-11,17-18H,1,12-13H2,2-4H3/t17-,18+,19+/m0/s1. The maximum absolute atomic E-state index is 11.9. The van der Waals surface area contributed by atoms with E-state index in [0.29, 0.717) is 13.0 Å². The monoisotopic (exact) mass is 312 g/mol. The molecule has 3 heteroatoms. The van der Waals surface area contributed by atoms with E-state index in [1.54, 1.807) is 6.08 Å². The number of ketones is 1. The fourth-order valence-electron chi connectivity index (χ4n) is 3.80. The summed E-state index contributed by atoms with van der Waals surface area (Å²) in [5.41, 5.74) is -0.303. The molecule has 1 aromatic carbocycles. The second-order valence-electron chi connectivity index (χ2n) is 7.23. The third-order valence-corrected chi connectivity index (χ3v) is 9.32. The van der Waals surface area contributed by atoms with Gasteiger partial charge in [0.05, 0.1) is 12.2 Å². The van der Waals surface area contributed by atoms with Gasteiger partial charge in [-0.05, 0) is 19.1 Å². The van der Waals surface area contributed by atoms with Crippen LogP contribution in [0.5, 0.6) is 0 Å². The number of hydrogen-bond acceptors (Lipinski definition) is 2.